The van der Waals surface area contributed by atoms with E-state index in [1.807, 2.05) is 12.1 Å². The van der Waals surface area contributed by atoms with Crippen LogP contribution in [0.25, 0.3) is 0 Å². The highest BCUT2D eigenvalue weighted by atomic mass is 16.3. The molecule has 1 saturated carbocycles. The fourth-order valence-electron chi connectivity index (χ4n) is 1.67. The highest BCUT2D eigenvalue weighted by molar-refractivity contribution is 5.85. The summed E-state index contributed by atoms with van der Waals surface area (Å²) in [6.07, 6.45) is 5.91. The molecule has 0 radical (unpaired) electrons. The lowest BCUT2D eigenvalue weighted by atomic mass is 10.1. The molecule has 86 valence electrons. The second-order valence-corrected chi connectivity index (χ2v) is 4.30. The van der Waals surface area contributed by atoms with Crippen LogP contribution in [0.1, 0.15) is 18.4 Å². The molecule has 2 rings (SSSR count). The van der Waals surface area contributed by atoms with Crippen LogP contribution in [-0.2, 0) is 11.2 Å². The molecule has 0 bridgehead atoms. The van der Waals surface area contributed by atoms with Gasteiger partial charge < -0.3 is 10.4 Å². The molecule has 0 aromatic carbocycles. The Bertz CT molecular complexity index is 361. The smallest absolute Gasteiger partial charge is 0.228 e. The van der Waals surface area contributed by atoms with E-state index in [1.54, 1.807) is 12.4 Å². The summed E-state index contributed by atoms with van der Waals surface area (Å²) in [6, 6.07) is 3.87. The Morgan fingerprint density at radius 3 is 2.69 bits per heavy atom. The second-order valence-electron chi connectivity index (χ2n) is 4.30. The molecule has 1 aliphatic carbocycles. The van der Waals surface area contributed by atoms with E-state index in [-0.39, 0.29) is 12.5 Å². The number of aliphatic hydroxyl groups is 1. The van der Waals surface area contributed by atoms with E-state index in [2.05, 4.69) is 10.3 Å². The summed E-state index contributed by atoms with van der Waals surface area (Å²) in [6.45, 7) is 0.582. The molecule has 0 atom stereocenters. The molecule has 4 nitrogen and oxygen atoms in total. The number of aliphatic hydroxyl groups excluding tert-OH is 1. The Morgan fingerprint density at radius 2 is 2.12 bits per heavy atom. The number of aromatic nitrogens is 1. The maximum Gasteiger partial charge on any atom is 0.228 e. The first-order chi connectivity index (χ1) is 7.77. The quantitative estimate of drug-likeness (QED) is 0.760. The third-order valence-electron chi connectivity index (χ3n) is 3.09. The van der Waals surface area contributed by atoms with Crippen molar-refractivity contribution in [2.24, 2.45) is 5.41 Å². The minimum Gasteiger partial charge on any atom is -0.395 e. The Morgan fingerprint density at radius 1 is 1.44 bits per heavy atom. The van der Waals surface area contributed by atoms with Gasteiger partial charge >= 0.3 is 0 Å². The monoisotopic (exact) mass is 220 g/mol. The Labute approximate surface area is 94.7 Å². The molecule has 0 saturated heterocycles. The van der Waals surface area contributed by atoms with Crippen LogP contribution >= 0.6 is 0 Å². The first kappa shape index (κ1) is 11.1. The van der Waals surface area contributed by atoms with Crippen molar-refractivity contribution in [2.45, 2.75) is 19.3 Å². The zero-order valence-electron chi connectivity index (χ0n) is 9.15. The van der Waals surface area contributed by atoms with Gasteiger partial charge in [0.25, 0.3) is 0 Å². The van der Waals surface area contributed by atoms with Gasteiger partial charge in [-0.15, -0.1) is 0 Å². The van der Waals surface area contributed by atoms with Crippen LogP contribution in [0.4, 0.5) is 0 Å². The second kappa shape index (κ2) is 4.61. The predicted octanol–water partition coefficient (Wildman–Crippen LogP) is 0.513. The van der Waals surface area contributed by atoms with Crippen molar-refractivity contribution in [3.8, 4) is 0 Å². The van der Waals surface area contributed by atoms with Crippen LogP contribution in [0, 0.1) is 5.41 Å². The Balaban J connectivity index is 1.75. The van der Waals surface area contributed by atoms with Gasteiger partial charge in [-0.1, -0.05) is 0 Å². The molecule has 2 N–H and O–H groups in total. The van der Waals surface area contributed by atoms with E-state index in [0.717, 1.165) is 24.8 Å². The van der Waals surface area contributed by atoms with E-state index in [1.165, 1.54) is 0 Å². The standard InChI is InChI=1S/C12H16N2O2/c15-9-12(4-5-12)11(16)14-8-3-10-1-6-13-7-2-10/h1-2,6-7,15H,3-5,8-9H2,(H,14,16). The van der Waals surface area contributed by atoms with Crippen molar-refractivity contribution in [1.82, 2.24) is 10.3 Å². The third kappa shape index (κ3) is 2.39. The maximum atomic E-state index is 11.7. The number of rotatable bonds is 5. The molecule has 1 heterocycles. The van der Waals surface area contributed by atoms with Crippen LogP contribution in [0.5, 0.6) is 0 Å². The van der Waals surface area contributed by atoms with E-state index >= 15 is 0 Å². The van der Waals surface area contributed by atoms with Crippen LogP contribution in [-0.4, -0.2) is 29.1 Å². The summed E-state index contributed by atoms with van der Waals surface area (Å²) in [5, 5.41) is 11.9. The Kier molecular flexibility index (Phi) is 3.19. The van der Waals surface area contributed by atoms with E-state index in [9.17, 15) is 4.79 Å². The summed E-state index contributed by atoms with van der Waals surface area (Å²) in [7, 11) is 0. The van der Waals surface area contributed by atoms with Crippen molar-refractivity contribution < 1.29 is 9.90 Å². The Hall–Kier alpha value is -1.42. The van der Waals surface area contributed by atoms with Gasteiger partial charge in [-0.2, -0.15) is 0 Å². The molecular formula is C12H16N2O2. The minimum absolute atomic E-state index is 0.0101. The molecule has 1 amide bonds. The molecule has 16 heavy (non-hydrogen) atoms. The summed E-state index contributed by atoms with van der Waals surface area (Å²) in [5.41, 5.74) is 0.697. The lowest BCUT2D eigenvalue weighted by molar-refractivity contribution is -0.127. The predicted molar refractivity (Wildman–Crippen MR) is 59.7 cm³/mol. The molecule has 1 aromatic rings. The fourth-order valence-corrected chi connectivity index (χ4v) is 1.67. The topological polar surface area (TPSA) is 62.2 Å². The number of hydrogen-bond donors (Lipinski definition) is 2. The third-order valence-corrected chi connectivity index (χ3v) is 3.09. The van der Waals surface area contributed by atoms with E-state index in [4.69, 9.17) is 5.11 Å². The molecule has 0 spiro atoms. The number of pyridine rings is 1. The van der Waals surface area contributed by atoms with Crippen LogP contribution in [0.3, 0.4) is 0 Å². The van der Waals surface area contributed by atoms with Crippen molar-refractivity contribution in [3.05, 3.63) is 30.1 Å². The first-order valence-electron chi connectivity index (χ1n) is 5.55. The van der Waals surface area contributed by atoms with Gasteiger partial charge in [0.1, 0.15) is 0 Å². The van der Waals surface area contributed by atoms with Crippen molar-refractivity contribution >= 4 is 5.91 Å². The van der Waals surface area contributed by atoms with Gasteiger partial charge in [0.2, 0.25) is 5.91 Å². The van der Waals surface area contributed by atoms with E-state index in [0.29, 0.717) is 6.54 Å². The lowest BCUT2D eigenvalue weighted by Gasteiger charge is -2.11. The maximum absolute atomic E-state index is 11.7. The highest BCUT2D eigenvalue weighted by Crippen LogP contribution is 2.45. The molecule has 1 aliphatic rings. The SMILES string of the molecule is O=C(NCCc1ccncc1)C1(CO)CC1. The summed E-state index contributed by atoms with van der Waals surface area (Å²) >= 11 is 0. The normalized spacial score (nSPS) is 16.8. The average molecular weight is 220 g/mol. The summed E-state index contributed by atoms with van der Waals surface area (Å²) in [4.78, 5) is 15.6. The van der Waals surface area contributed by atoms with Crippen molar-refractivity contribution in [3.63, 3.8) is 0 Å². The number of carbonyl (C=O) groups excluding carboxylic acids is 1. The van der Waals surface area contributed by atoms with Gasteiger partial charge in [-0.05, 0) is 37.0 Å². The number of carbonyl (C=O) groups is 1. The molecule has 0 unspecified atom stereocenters. The summed E-state index contributed by atoms with van der Waals surface area (Å²) in [5.74, 6) is -0.0101. The average Bonchev–Trinajstić information content (AvgIpc) is 3.11. The zero-order valence-corrected chi connectivity index (χ0v) is 9.15. The van der Waals surface area contributed by atoms with Gasteiger partial charge in [0, 0.05) is 18.9 Å². The number of nitrogens with one attached hydrogen (secondary N) is 1. The van der Waals surface area contributed by atoms with Gasteiger partial charge in [-0.25, -0.2) is 0 Å². The molecule has 0 aliphatic heterocycles. The first-order valence-corrected chi connectivity index (χ1v) is 5.55. The number of nitrogens with zero attached hydrogens (tertiary/aromatic N) is 1. The van der Waals surface area contributed by atoms with Crippen LogP contribution < -0.4 is 5.32 Å². The van der Waals surface area contributed by atoms with Crippen molar-refractivity contribution in [1.29, 1.82) is 0 Å². The zero-order chi connectivity index (χ0) is 11.4. The summed E-state index contributed by atoms with van der Waals surface area (Å²) < 4.78 is 0. The van der Waals surface area contributed by atoms with E-state index < -0.39 is 5.41 Å². The molecule has 1 fully saturated rings. The van der Waals surface area contributed by atoms with Gasteiger partial charge in [-0.3, -0.25) is 9.78 Å². The lowest BCUT2D eigenvalue weighted by Crippen LogP contribution is -2.35. The number of hydrogen-bond acceptors (Lipinski definition) is 3. The van der Waals surface area contributed by atoms with Crippen LogP contribution in [0.15, 0.2) is 24.5 Å². The fraction of sp³-hybridized carbons (Fsp3) is 0.500. The number of amides is 1. The van der Waals surface area contributed by atoms with Crippen molar-refractivity contribution in [2.75, 3.05) is 13.2 Å². The highest BCUT2D eigenvalue weighted by Gasteiger charge is 2.49. The van der Waals surface area contributed by atoms with Crippen LogP contribution in [0.2, 0.25) is 0 Å². The largest absolute Gasteiger partial charge is 0.395 e. The minimum atomic E-state index is -0.460. The van der Waals surface area contributed by atoms with Gasteiger partial charge in [0.05, 0.1) is 12.0 Å². The molecular weight excluding hydrogens is 204 g/mol. The molecule has 1 aromatic heterocycles. The molecule has 4 heteroatoms. The van der Waals surface area contributed by atoms with Gasteiger partial charge in [0.15, 0.2) is 0 Å².